The lowest BCUT2D eigenvalue weighted by Gasteiger charge is -2.19. The van der Waals surface area contributed by atoms with Gasteiger partial charge in [0, 0.05) is 36.6 Å². The van der Waals surface area contributed by atoms with Crippen LogP contribution in [0.25, 0.3) is 5.70 Å². The molecule has 2 N–H and O–H groups in total. The number of fused-ring (bicyclic) bond motifs is 1. The van der Waals surface area contributed by atoms with Gasteiger partial charge in [-0.25, -0.2) is 0 Å². The van der Waals surface area contributed by atoms with Gasteiger partial charge in [-0.15, -0.1) is 0 Å². The number of nitrogens with one attached hydrogen (secondary N) is 2. The van der Waals surface area contributed by atoms with E-state index < -0.39 is 0 Å². The largest absolute Gasteiger partial charge is 0.385 e. The van der Waals surface area contributed by atoms with Gasteiger partial charge in [0.1, 0.15) is 0 Å². The molecule has 1 atom stereocenters. The van der Waals surface area contributed by atoms with E-state index >= 15 is 0 Å². The topological polar surface area (TPSA) is 27.3 Å². The molecule has 0 spiro atoms. The summed E-state index contributed by atoms with van der Waals surface area (Å²) in [6, 6.07) is 8.90. The van der Waals surface area contributed by atoms with Crippen molar-refractivity contribution in [2.24, 2.45) is 5.92 Å². The third-order valence-corrected chi connectivity index (χ3v) is 6.55. The fourth-order valence-electron chi connectivity index (χ4n) is 4.14. The van der Waals surface area contributed by atoms with Gasteiger partial charge in [0.2, 0.25) is 0 Å². The predicted octanol–water partition coefficient (Wildman–Crippen LogP) is 4.94. The van der Waals surface area contributed by atoms with Crippen molar-refractivity contribution in [2.45, 2.75) is 32.2 Å². The van der Waals surface area contributed by atoms with E-state index in [0.29, 0.717) is 5.92 Å². The summed E-state index contributed by atoms with van der Waals surface area (Å²) in [5.74, 6) is 0.543. The van der Waals surface area contributed by atoms with Crippen molar-refractivity contribution in [3.63, 3.8) is 0 Å². The Morgan fingerprint density at radius 1 is 1.19 bits per heavy atom. The molecule has 1 unspecified atom stereocenters. The maximum absolute atomic E-state index is 4.24. The molecule has 3 nitrogen and oxygen atoms in total. The molecule has 0 radical (unpaired) electrons. The van der Waals surface area contributed by atoms with Crippen LogP contribution in [0.3, 0.4) is 0 Å². The van der Waals surface area contributed by atoms with Crippen LogP contribution in [0, 0.1) is 5.92 Å². The van der Waals surface area contributed by atoms with Gasteiger partial charge in [0.15, 0.2) is 0 Å². The second-order valence-corrected chi connectivity index (χ2v) is 9.08. The molecular weight excluding hydrogens is 445 g/mol. The Labute approximate surface area is 176 Å². The Morgan fingerprint density at radius 3 is 2.74 bits per heavy atom. The summed E-state index contributed by atoms with van der Waals surface area (Å²) in [5.41, 5.74) is 6.44. The third kappa shape index (κ3) is 4.66. The number of halogens is 1. The van der Waals surface area contributed by atoms with Crippen LogP contribution in [0.1, 0.15) is 36.8 Å². The van der Waals surface area contributed by atoms with Gasteiger partial charge >= 0.3 is 0 Å². The van der Waals surface area contributed by atoms with Crippen molar-refractivity contribution in [3.8, 4) is 0 Å². The standard InChI is InChI=1S/C23H28IN3/c1-17(19-6-4-18(5-7-19)16-27-12-2-3-13-27)25-11-10-20-15-26-23-9-8-21(24)14-22(20)23/h4-9,15,22,25-26H,1-3,10-14,16H2. The number of hydrogen-bond donors (Lipinski definition) is 2. The summed E-state index contributed by atoms with van der Waals surface area (Å²) in [6.07, 6.45) is 11.5. The Morgan fingerprint density at radius 2 is 1.96 bits per heavy atom. The Hall–Kier alpha value is -1.53. The van der Waals surface area contributed by atoms with Gasteiger partial charge in [-0.2, -0.15) is 0 Å². The van der Waals surface area contributed by atoms with Crippen LogP contribution in [0.4, 0.5) is 0 Å². The molecule has 1 saturated heterocycles. The van der Waals surface area contributed by atoms with Crippen LogP contribution in [0.2, 0.25) is 0 Å². The zero-order chi connectivity index (χ0) is 18.6. The summed E-state index contributed by atoms with van der Waals surface area (Å²) in [7, 11) is 0. The number of rotatable bonds is 7. The average molecular weight is 473 g/mol. The second-order valence-electron chi connectivity index (χ2n) is 7.69. The molecule has 2 aliphatic heterocycles. The maximum atomic E-state index is 4.24. The van der Waals surface area contributed by atoms with E-state index in [1.54, 1.807) is 0 Å². The molecule has 3 aliphatic rings. The Bertz CT molecular complexity index is 782. The minimum Gasteiger partial charge on any atom is -0.385 e. The third-order valence-electron chi connectivity index (χ3n) is 5.75. The molecule has 4 rings (SSSR count). The number of likely N-dealkylation sites (tertiary alicyclic amines) is 1. The first-order valence-electron chi connectivity index (χ1n) is 9.95. The molecule has 2 heterocycles. The van der Waals surface area contributed by atoms with Crippen molar-refractivity contribution in [1.82, 2.24) is 15.5 Å². The van der Waals surface area contributed by atoms with Crippen LogP contribution in [-0.4, -0.2) is 24.5 Å². The van der Waals surface area contributed by atoms with Crippen molar-refractivity contribution in [2.75, 3.05) is 19.6 Å². The molecule has 1 fully saturated rings. The van der Waals surface area contributed by atoms with Gasteiger partial charge < -0.3 is 10.6 Å². The molecule has 0 amide bonds. The van der Waals surface area contributed by atoms with Gasteiger partial charge in [-0.05, 0) is 87.7 Å². The normalized spacial score (nSPS) is 21.8. The monoisotopic (exact) mass is 473 g/mol. The van der Waals surface area contributed by atoms with Crippen LogP contribution < -0.4 is 10.6 Å². The maximum Gasteiger partial charge on any atom is 0.0340 e. The number of allylic oxidation sites excluding steroid dienone is 4. The van der Waals surface area contributed by atoms with Crippen molar-refractivity contribution in [3.05, 3.63) is 75.2 Å². The number of hydrogen-bond acceptors (Lipinski definition) is 3. The average Bonchev–Trinajstić information content (AvgIpc) is 3.32. The quantitative estimate of drug-likeness (QED) is 0.550. The molecule has 1 aromatic carbocycles. The molecule has 0 saturated carbocycles. The van der Waals surface area contributed by atoms with Gasteiger partial charge in [0.05, 0.1) is 0 Å². The fourth-order valence-corrected chi connectivity index (χ4v) is 4.76. The highest BCUT2D eigenvalue weighted by Crippen LogP contribution is 2.37. The van der Waals surface area contributed by atoms with Crippen molar-refractivity contribution >= 4 is 28.3 Å². The first kappa shape index (κ1) is 18.8. The lowest BCUT2D eigenvalue weighted by Crippen LogP contribution is -2.18. The minimum absolute atomic E-state index is 0.543. The minimum atomic E-state index is 0.543. The second kappa shape index (κ2) is 8.65. The lowest BCUT2D eigenvalue weighted by atomic mass is 9.90. The van der Waals surface area contributed by atoms with Crippen LogP contribution >= 0.6 is 22.6 Å². The fraction of sp³-hybridized carbons (Fsp3) is 0.391. The highest BCUT2D eigenvalue weighted by molar-refractivity contribution is 14.1. The van der Waals surface area contributed by atoms with Gasteiger partial charge in [0.25, 0.3) is 0 Å². The van der Waals surface area contributed by atoms with E-state index in [4.69, 9.17) is 0 Å². The molecule has 27 heavy (non-hydrogen) atoms. The highest BCUT2D eigenvalue weighted by Gasteiger charge is 2.26. The van der Waals surface area contributed by atoms with Crippen LogP contribution in [0.15, 0.2) is 64.0 Å². The zero-order valence-corrected chi connectivity index (χ0v) is 18.0. The van der Waals surface area contributed by atoms with E-state index in [1.165, 1.54) is 51.9 Å². The number of benzene rings is 1. The predicted molar refractivity (Wildman–Crippen MR) is 122 cm³/mol. The molecule has 142 valence electrons. The molecule has 0 aromatic heterocycles. The number of nitrogens with zero attached hydrogens (tertiary/aromatic N) is 1. The summed E-state index contributed by atoms with van der Waals surface area (Å²) in [6.45, 7) is 8.72. The van der Waals surface area contributed by atoms with Gasteiger partial charge in [-0.3, -0.25) is 4.90 Å². The lowest BCUT2D eigenvalue weighted by molar-refractivity contribution is 0.331. The van der Waals surface area contributed by atoms with Gasteiger partial charge in [-0.1, -0.05) is 36.9 Å². The highest BCUT2D eigenvalue weighted by atomic mass is 127. The summed E-state index contributed by atoms with van der Waals surface area (Å²) < 4.78 is 1.43. The first-order valence-corrected chi connectivity index (χ1v) is 11.0. The molecule has 4 heteroatoms. The van der Waals surface area contributed by atoms with Crippen molar-refractivity contribution < 1.29 is 0 Å². The Kier molecular flexibility index (Phi) is 6.03. The molecular formula is C23H28IN3. The Balaban J connectivity index is 1.25. The first-order chi connectivity index (χ1) is 13.2. The van der Waals surface area contributed by atoms with E-state index in [-0.39, 0.29) is 0 Å². The van der Waals surface area contributed by atoms with E-state index in [2.05, 4.69) is 87.3 Å². The summed E-state index contributed by atoms with van der Waals surface area (Å²) in [5, 5.41) is 6.95. The zero-order valence-electron chi connectivity index (χ0n) is 15.8. The summed E-state index contributed by atoms with van der Waals surface area (Å²) >= 11 is 2.45. The molecule has 1 aromatic rings. The SMILES string of the molecule is C=C(NCCC1=CNC2=CC=C(I)CC12)c1ccc(CN2CCCC2)cc1. The molecule has 0 bridgehead atoms. The van der Waals surface area contributed by atoms with Crippen LogP contribution in [0.5, 0.6) is 0 Å². The van der Waals surface area contributed by atoms with Crippen LogP contribution in [-0.2, 0) is 6.54 Å². The summed E-state index contributed by atoms with van der Waals surface area (Å²) in [4.78, 5) is 2.54. The smallest absolute Gasteiger partial charge is 0.0340 e. The van der Waals surface area contributed by atoms with Crippen molar-refractivity contribution in [1.29, 1.82) is 0 Å². The van der Waals surface area contributed by atoms with E-state index in [0.717, 1.165) is 31.6 Å². The molecule has 1 aliphatic carbocycles. The van der Waals surface area contributed by atoms with E-state index in [9.17, 15) is 0 Å². The van der Waals surface area contributed by atoms with E-state index in [1.807, 2.05) is 0 Å².